The van der Waals surface area contributed by atoms with Crippen LogP contribution < -0.4 is 10.5 Å². The van der Waals surface area contributed by atoms with Crippen molar-refractivity contribution >= 4 is 27.3 Å². The zero-order chi connectivity index (χ0) is 15.5. The van der Waals surface area contributed by atoms with Crippen molar-refractivity contribution < 1.29 is 8.42 Å². The van der Waals surface area contributed by atoms with Gasteiger partial charge in [-0.2, -0.15) is 0 Å². The Balaban J connectivity index is 2.34. The van der Waals surface area contributed by atoms with Gasteiger partial charge in [-0.1, -0.05) is 42.8 Å². The zero-order valence-corrected chi connectivity index (χ0v) is 13.2. The standard InChI is InChI=1S/C15H17ClN2O2S/c1-2-14(17)11-6-5-7-12(10-11)21(19,20)18-15-9-4-3-8-13(15)16/h3-10,14,18H,2,17H2,1H3. The maximum absolute atomic E-state index is 12.4. The fourth-order valence-electron chi connectivity index (χ4n) is 1.90. The van der Waals surface area contributed by atoms with Gasteiger partial charge in [0.25, 0.3) is 10.0 Å². The van der Waals surface area contributed by atoms with E-state index in [0.717, 1.165) is 12.0 Å². The van der Waals surface area contributed by atoms with E-state index >= 15 is 0 Å². The highest BCUT2D eigenvalue weighted by atomic mass is 35.5. The maximum atomic E-state index is 12.4. The third kappa shape index (κ3) is 3.75. The molecule has 4 nitrogen and oxygen atoms in total. The molecule has 2 aromatic carbocycles. The average molecular weight is 325 g/mol. The van der Waals surface area contributed by atoms with E-state index in [1.54, 1.807) is 36.4 Å². The molecule has 0 aliphatic heterocycles. The molecule has 0 spiro atoms. The first-order valence-electron chi connectivity index (χ1n) is 6.57. The van der Waals surface area contributed by atoms with Crippen molar-refractivity contribution in [2.75, 3.05) is 4.72 Å². The molecular weight excluding hydrogens is 308 g/mol. The molecule has 21 heavy (non-hydrogen) atoms. The lowest BCUT2D eigenvalue weighted by molar-refractivity contribution is 0.600. The molecule has 2 aromatic rings. The Kier molecular flexibility index (Phi) is 4.88. The van der Waals surface area contributed by atoms with Crippen LogP contribution in [0, 0.1) is 0 Å². The van der Waals surface area contributed by atoms with Gasteiger partial charge in [0.1, 0.15) is 0 Å². The Morgan fingerprint density at radius 1 is 1.19 bits per heavy atom. The number of para-hydroxylation sites is 1. The number of rotatable bonds is 5. The second kappa shape index (κ2) is 6.47. The average Bonchev–Trinajstić information content (AvgIpc) is 2.49. The normalized spacial score (nSPS) is 12.9. The Bertz CT molecular complexity index is 732. The molecule has 6 heteroatoms. The van der Waals surface area contributed by atoms with Gasteiger partial charge in [-0.25, -0.2) is 8.42 Å². The summed E-state index contributed by atoms with van der Waals surface area (Å²) in [6.07, 6.45) is 0.738. The fraction of sp³-hybridized carbons (Fsp3) is 0.200. The molecule has 2 rings (SSSR count). The number of sulfonamides is 1. The third-order valence-corrected chi connectivity index (χ3v) is 4.85. The second-order valence-electron chi connectivity index (χ2n) is 4.67. The Labute approximate surface area is 130 Å². The molecule has 0 saturated heterocycles. The number of halogens is 1. The summed E-state index contributed by atoms with van der Waals surface area (Å²) in [5.74, 6) is 0. The monoisotopic (exact) mass is 324 g/mol. The number of hydrogen-bond donors (Lipinski definition) is 2. The van der Waals surface area contributed by atoms with E-state index in [9.17, 15) is 8.42 Å². The van der Waals surface area contributed by atoms with Crippen LogP contribution in [0.2, 0.25) is 5.02 Å². The van der Waals surface area contributed by atoms with Crippen LogP contribution in [-0.4, -0.2) is 8.42 Å². The molecule has 0 saturated carbocycles. The highest BCUT2D eigenvalue weighted by molar-refractivity contribution is 7.92. The van der Waals surface area contributed by atoms with Crippen molar-refractivity contribution in [1.29, 1.82) is 0 Å². The van der Waals surface area contributed by atoms with E-state index in [4.69, 9.17) is 17.3 Å². The van der Waals surface area contributed by atoms with Crippen LogP contribution in [0.4, 0.5) is 5.69 Å². The predicted molar refractivity (Wildman–Crippen MR) is 85.9 cm³/mol. The lowest BCUT2D eigenvalue weighted by Gasteiger charge is -2.13. The van der Waals surface area contributed by atoms with Crippen molar-refractivity contribution in [2.45, 2.75) is 24.3 Å². The van der Waals surface area contributed by atoms with Crippen molar-refractivity contribution in [3.63, 3.8) is 0 Å². The van der Waals surface area contributed by atoms with E-state index < -0.39 is 10.0 Å². The summed E-state index contributed by atoms with van der Waals surface area (Å²) in [5.41, 5.74) is 7.09. The van der Waals surface area contributed by atoms with Gasteiger partial charge in [0.15, 0.2) is 0 Å². The summed E-state index contributed by atoms with van der Waals surface area (Å²) in [7, 11) is -3.69. The fourth-order valence-corrected chi connectivity index (χ4v) is 3.27. The van der Waals surface area contributed by atoms with Crippen LogP contribution in [-0.2, 0) is 10.0 Å². The van der Waals surface area contributed by atoms with Crippen LogP contribution >= 0.6 is 11.6 Å². The molecule has 0 aromatic heterocycles. The Morgan fingerprint density at radius 2 is 1.90 bits per heavy atom. The van der Waals surface area contributed by atoms with Crippen molar-refractivity contribution in [2.24, 2.45) is 5.73 Å². The van der Waals surface area contributed by atoms with E-state index in [1.807, 2.05) is 13.0 Å². The first kappa shape index (κ1) is 15.8. The predicted octanol–water partition coefficient (Wildman–Crippen LogP) is 3.55. The lowest BCUT2D eigenvalue weighted by atomic mass is 10.1. The van der Waals surface area contributed by atoms with Crippen molar-refractivity contribution in [3.8, 4) is 0 Å². The van der Waals surface area contributed by atoms with Gasteiger partial charge in [0.2, 0.25) is 0 Å². The van der Waals surface area contributed by atoms with Gasteiger partial charge in [-0.15, -0.1) is 0 Å². The van der Waals surface area contributed by atoms with E-state index in [0.29, 0.717) is 10.7 Å². The molecule has 1 unspecified atom stereocenters. The Hall–Kier alpha value is -1.56. The molecule has 0 aliphatic rings. The zero-order valence-electron chi connectivity index (χ0n) is 11.6. The molecule has 0 heterocycles. The largest absolute Gasteiger partial charge is 0.324 e. The third-order valence-electron chi connectivity index (χ3n) is 3.15. The topological polar surface area (TPSA) is 72.2 Å². The molecular formula is C15H17ClN2O2S. The molecule has 1 atom stereocenters. The van der Waals surface area contributed by atoms with Gasteiger partial charge in [0.05, 0.1) is 15.6 Å². The number of hydrogen-bond acceptors (Lipinski definition) is 3. The lowest BCUT2D eigenvalue weighted by Crippen LogP contribution is -2.15. The smallest absolute Gasteiger partial charge is 0.261 e. The van der Waals surface area contributed by atoms with Crippen LogP contribution in [0.3, 0.4) is 0 Å². The number of nitrogens with one attached hydrogen (secondary N) is 1. The van der Waals surface area contributed by atoms with E-state index in [-0.39, 0.29) is 10.9 Å². The first-order valence-corrected chi connectivity index (χ1v) is 8.43. The van der Waals surface area contributed by atoms with Crippen molar-refractivity contribution in [1.82, 2.24) is 0 Å². The summed E-state index contributed by atoms with van der Waals surface area (Å²) in [6.45, 7) is 1.95. The van der Waals surface area contributed by atoms with Crippen LogP contribution in [0.25, 0.3) is 0 Å². The SMILES string of the molecule is CCC(N)c1cccc(S(=O)(=O)Nc2ccccc2Cl)c1. The molecule has 3 N–H and O–H groups in total. The molecule has 112 valence electrons. The van der Waals surface area contributed by atoms with Crippen LogP contribution in [0.1, 0.15) is 24.9 Å². The number of nitrogens with two attached hydrogens (primary N) is 1. The first-order chi connectivity index (χ1) is 9.94. The number of anilines is 1. The maximum Gasteiger partial charge on any atom is 0.261 e. The molecule has 0 aliphatic carbocycles. The Morgan fingerprint density at radius 3 is 2.57 bits per heavy atom. The minimum absolute atomic E-state index is 0.170. The summed E-state index contributed by atoms with van der Waals surface area (Å²) >= 11 is 5.97. The molecule has 0 amide bonds. The van der Waals surface area contributed by atoms with Gasteiger partial charge in [0, 0.05) is 6.04 Å². The van der Waals surface area contributed by atoms with Crippen molar-refractivity contribution in [3.05, 3.63) is 59.1 Å². The summed E-state index contributed by atoms with van der Waals surface area (Å²) in [4.78, 5) is 0.170. The highest BCUT2D eigenvalue weighted by Crippen LogP contribution is 2.25. The van der Waals surface area contributed by atoms with Crippen LogP contribution in [0.5, 0.6) is 0 Å². The summed E-state index contributed by atoms with van der Waals surface area (Å²) in [6, 6.07) is 13.1. The quantitative estimate of drug-likeness (QED) is 0.883. The minimum Gasteiger partial charge on any atom is -0.324 e. The van der Waals surface area contributed by atoms with Gasteiger partial charge in [-0.05, 0) is 36.2 Å². The van der Waals surface area contributed by atoms with Gasteiger partial charge >= 0.3 is 0 Å². The van der Waals surface area contributed by atoms with E-state index in [2.05, 4.69) is 4.72 Å². The minimum atomic E-state index is -3.69. The molecule has 0 radical (unpaired) electrons. The highest BCUT2D eigenvalue weighted by Gasteiger charge is 2.17. The number of benzene rings is 2. The van der Waals surface area contributed by atoms with E-state index in [1.165, 1.54) is 6.07 Å². The molecule has 0 bridgehead atoms. The second-order valence-corrected chi connectivity index (χ2v) is 6.76. The molecule has 0 fully saturated rings. The summed E-state index contributed by atoms with van der Waals surface area (Å²) < 4.78 is 27.3. The van der Waals surface area contributed by atoms with Gasteiger partial charge < -0.3 is 5.73 Å². The summed E-state index contributed by atoms with van der Waals surface area (Å²) in [5, 5.41) is 0.350. The van der Waals surface area contributed by atoms with Gasteiger partial charge in [-0.3, -0.25) is 4.72 Å². The van der Waals surface area contributed by atoms with Crippen LogP contribution in [0.15, 0.2) is 53.4 Å².